The third-order valence-electron chi connectivity index (χ3n) is 3.29. The number of nitrogens with zero attached hydrogens (tertiary/aromatic N) is 3. The van der Waals surface area contributed by atoms with Gasteiger partial charge >= 0.3 is 6.03 Å². The zero-order valence-corrected chi connectivity index (χ0v) is 14.8. The highest BCUT2D eigenvalue weighted by molar-refractivity contribution is 5.74. The molecule has 0 fully saturated rings. The van der Waals surface area contributed by atoms with E-state index in [2.05, 4.69) is 15.5 Å². The quantitative estimate of drug-likeness (QED) is 0.910. The Morgan fingerprint density at radius 3 is 2.50 bits per heavy atom. The Bertz CT molecular complexity index is 674. The number of hydrogen-bond acceptors (Lipinski definition) is 5. The molecule has 0 aliphatic rings. The van der Waals surface area contributed by atoms with Crippen molar-refractivity contribution in [3.8, 4) is 17.1 Å². The topological polar surface area (TPSA) is 80.5 Å². The van der Waals surface area contributed by atoms with Crippen LogP contribution in [-0.2, 0) is 6.54 Å². The maximum Gasteiger partial charge on any atom is 0.318 e. The van der Waals surface area contributed by atoms with E-state index in [1.165, 1.54) is 0 Å². The number of hydrogen-bond donors (Lipinski definition) is 1. The number of methoxy groups -OCH3 is 1. The number of carbonyl (C=O) groups is 1. The summed E-state index contributed by atoms with van der Waals surface area (Å²) < 4.78 is 10.4. The van der Waals surface area contributed by atoms with E-state index in [-0.39, 0.29) is 18.1 Å². The number of benzene rings is 1. The predicted octanol–water partition coefficient (Wildman–Crippen LogP) is 3.08. The van der Waals surface area contributed by atoms with Crippen molar-refractivity contribution in [1.82, 2.24) is 20.4 Å². The van der Waals surface area contributed by atoms with Crippen LogP contribution in [0, 0.1) is 0 Å². The lowest BCUT2D eigenvalue weighted by Crippen LogP contribution is -2.48. The molecule has 0 radical (unpaired) electrons. The molecule has 0 saturated heterocycles. The molecule has 1 heterocycles. The predicted molar refractivity (Wildman–Crippen MR) is 90.7 cm³/mol. The van der Waals surface area contributed by atoms with Gasteiger partial charge in [-0.2, -0.15) is 4.98 Å². The number of ether oxygens (including phenoxy) is 1. The van der Waals surface area contributed by atoms with E-state index in [9.17, 15) is 4.79 Å². The number of nitrogens with one attached hydrogen (secondary N) is 1. The van der Waals surface area contributed by atoms with E-state index in [4.69, 9.17) is 9.26 Å². The largest absolute Gasteiger partial charge is 0.497 e. The van der Waals surface area contributed by atoms with Gasteiger partial charge in [0.05, 0.1) is 7.11 Å². The smallest absolute Gasteiger partial charge is 0.318 e. The summed E-state index contributed by atoms with van der Waals surface area (Å²) in [5.41, 5.74) is 0.529. The maximum atomic E-state index is 12.3. The Labute approximate surface area is 142 Å². The lowest BCUT2D eigenvalue weighted by Gasteiger charge is -2.26. The van der Waals surface area contributed by atoms with E-state index in [0.29, 0.717) is 18.3 Å². The summed E-state index contributed by atoms with van der Waals surface area (Å²) in [6.07, 6.45) is 0. The van der Waals surface area contributed by atoms with E-state index in [0.717, 1.165) is 11.3 Å². The molecule has 0 atom stereocenters. The van der Waals surface area contributed by atoms with Crippen LogP contribution in [0.25, 0.3) is 11.4 Å². The molecule has 24 heavy (non-hydrogen) atoms. The van der Waals surface area contributed by atoms with Crippen LogP contribution in [0.4, 0.5) is 4.79 Å². The van der Waals surface area contributed by atoms with Crippen molar-refractivity contribution in [2.45, 2.75) is 39.8 Å². The molecule has 0 bridgehead atoms. The molecule has 2 amide bonds. The number of amides is 2. The van der Waals surface area contributed by atoms with Gasteiger partial charge in [0, 0.05) is 17.6 Å². The minimum Gasteiger partial charge on any atom is -0.497 e. The van der Waals surface area contributed by atoms with Crippen molar-refractivity contribution in [1.29, 1.82) is 0 Å². The Hall–Kier alpha value is -2.57. The molecule has 1 aromatic heterocycles. The lowest BCUT2D eigenvalue weighted by atomic mass is 10.1. The summed E-state index contributed by atoms with van der Waals surface area (Å²) in [5, 5.41) is 6.90. The highest BCUT2D eigenvalue weighted by Crippen LogP contribution is 2.20. The number of rotatable bonds is 5. The molecule has 1 N–H and O–H groups in total. The number of carbonyl (C=O) groups excluding carboxylic acids is 1. The molecular weight excluding hydrogens is 308 g/mol. The zero-order chi connectivity index (χ0) is 17.7. The van der Waals surface area contributed by atoms with Crippen molar-refractivity contribution in [2.24, 2.45) is 0 Å². The molecule has 7 heteroatoms. The van der Waals surface area contributed by atoms with Crippen LogP contribution in [0.15, 0.2) is 28.8 Å². The van der Waals surface area contributed by atoms with Gasteiger partial charge in [-0.05, 0) is 52.0 Å². The van der Waals surface area contributed by atoms with Crippen LogP contribution >= 0.6 is 0 Å². The van der Waals surface area contributed by atoms with Gasteiger partial charge in [-0.15, -0.1) is 0 Å². The van der Waals surface area contributed by atoms with Crippen molar-refractivity contribution < 1.29 is 14.1 Å². The second-order valence-electron chi connectivity index (χ2n) is 6.43. The Balaban J connectivity index is 2.07. The van der Waals surface area contributed by atoms with Gasteiger partial charge in [-0.25, -0.2) is 4.79 Å². The summed E-state index contributed by atoms with van der Waals surface area (Å²) in [5.74, 6) is 1.64. The van der Waals surface area contributed by atoms with Gasteiger partial charge in [0.15, 0.2) is 0 Å². The first-order valence-corrected chi connectivity index (χ1v) is 7.86. The Morgan fingerprint density at radius 2 is 1.96 bits per heavy atom. The minimum atomic E-state index is -0.298. The summed E-state index contributed by atoms with van der Waals surface area (Å²) in [7, 11) is 1.61. The molecule has 0 saturated carbocycles. The van der Waals surface area contributed by atoms with Crippen molar-refractivity contribution in [3.05, 3.63) is 30.2 Å². The zero-order valence-electron chi connectivity index (χ0n) is 14.8. The molecule has 2 rings (SSSR count). The van der Waals surface area contributed by atoms with Crippen LogP contribution in [0.2, 0.25) is 0 Å². The molecular formula is C17H24N4O3. The summed E-state index contributed by atoms with van der Waals surface area (Å²) in [4.78, 5) is 18.2. The van der Waals surface area contributed by atoms with Gasteiger partial charge in [0.1, 0.15) is 12.3 Å². The Kier molecular flexibility index (Phi) is 5.43. The Morgan fingerprint density at radius 1 is 1.29 bits per heavy atom. The number of urea groups is 1. The summed E-state index contributed by atoms with van der Waals surface area (Å²) in [6, 6.07) is 7.23. The molecule has 1 aromatic carbocycles. The van der Waals surface area contributed by atoms with E-state index in [1.807, 2.05) is 52.0 Å². The first-order valence-electron chi connectivity index (χ1n) is 7.86. The van der Waals surface area contributed by atoms with Crippen molar-refractivity contribution >= 4 is 6.03 Å². The minimum absolute atomic E-state index is 0.158. The lowest BCUT2D eigenvalue weighted by molar-refractivity contribution is 0.181. The maximum absolute atomic E-state index is 12.3. The highest BCUT2D eigenvalue weighted by Gasteiger charge is 2.21. The average Bonchev–Trinajstić information content (AvgIpc) is 2.99. The van der Waals surface area contributed by atoms with Gasteiger partial charge in [-0.1, -0.05) is 5.16 Å². The average molecular weight is 332 g/mol. The third kappa shape index (κ3) is 4.71. The summed E-state index contributed by atoms with van der Waals surface area (Å²) in [6.45, 7) is 8.53. The van der Waals surface area contributed by atoms with Crippen LogP contribution in [0.1, 0.15) is 33.6 Å². The van der Waals surface area contributed by atoms with Gasteiger partial charge < -0.3 is 19.5 Å². The van der Waals surface area contributed by atoms with Gasteiger partial charge in [-0.3, -0.25) is 0 Å². The fourth-order valence-corrected chi connectivity index (χ4v) is 2.07. The van der Waals surface area contributed by atoms with Crippen molar-refractivity contribution in [2.75, 3.05) is 13.7 Å². The first-order chi connectivity index (χ1) is 11.3. The van der Waals surface area contributed by atoms with Gasteiger partial charge in [0.25, 0.3) is 0 Å². The van der Waals surface area contributed by atoms with E-state index >= 15 is 0 Å². The third-order valence-corrected chi connectivity index (χ3v) is 3.29. The molecule has 2 aromatic rings. The molecule has 130 valence electrons. The molecule has 0 spiro atoms. The summed E-state index contributed by atoms with van der Waals surface area (Å²) >= 11 is 0. The second kappa shape index (κ2) is 7.33. The van der Waals surface area contributed by atoms with Crippen molar-refractivity contribution in [3.63, 3.8) is 0 Å². The first kappa shape index (κ1) is 17.8. The fraction of sp³-hybridized carbons (Fsp3) is 0.471. The second-order valence-corrected chi connectivity index (χ2v) is 6.43. The van der Waals surface area contributed by atoms with Crippen LogP contribution < -0.4 is 10.1 Å². The molecule has 0 unspecified atom stereocenters. The fourth-order valence-electron chi connectivity index (χ4n) is 2.07. The van der Waals surface area contributed by atoms with E-state index in [1.54, 1.807) is 12.0 Å². The van der Waals surface area contributed by atoms with E-state index < -0.39 is 0 Å². The molecule has 0 aliphatic carbocycles. The number of aromatic nitrogens is 2. The van der Waals surface area contributed by atoms with Gasteiger partial charge in [0.2, 0.25) is 11.7 Å². The SMILES string of the molecule is CCN(Cc1nc(-c2ccc(OC)cc2)no1)C(=O)NC(C)(C)C. The van der Waals surface area contributed by atoms with Crippen LogP contribution in [-0.4, -0.2) is 40.3 Å². The molecule has 7 nitrogen and oxygen atoms in total. The standard InChI is InChI=1S/C17H24N4O3/c1-6-21(16(22)19-17(2,3)4)11-14-18-15(20-24-14)12-7-9-13(23-5)10-8-12/h7-10H,6,11H2,1-5H3,(H,19,22). The normalized spacial score (nSPS) is 11.2. The van der Waals surface area contributed by atoms with Crippen LogP contribution in [0.5, 0.6) is 5.75 Å². The highest BCUT2D eigenvalue weighted by atomic mass is 16.5. The van der Waals surface area contributed by atoms with Crippen LogP contribution in [0.3, 0.4) is 0 Å². The molecule has 0 aliphatic heterocycles. The monoisotopic (exact) mass is 332 g/mol.